The van der Waals surface area contributed by atoms with Gasteiger partial charge in [0.15, 0.2) is 0 Å². The van der Waals surface area contributed by atoms with Gasteiger partial charge in [-0.3, -0.25) is 9.59 Å². The van der Waals surface area contributed by atoms with E-state index in [-0.39, 0.29) is 24.3 Å². The standard InChI is InChI=1S/C18H28N4O5S/c19-8-2-1-3-14(18(26)27)21-17(25)15(10-28)22-16(24)13(20)9-11-4-6-12(23)7-5-11/h4-7,13-15,23,28H,1-3,8-10,19-20H2,(H,21,25)(H,22,24)(H,26,27). The highest BCUT2D eigenvalue weighted by Gasteiger charge is 2.27. The van der Waals surface area contributed by atoms with Crippen LogP contribution in [0.5, 0.6) is 5.75 Å². The minimum absolute atomic E-state index is 0.0152. The van der Waals surface area contributed by atoms with Crippen molar-refractivity contribution in [3.8, 4) is 5.75 Å². The van der Waals surface area contributed by atoms with E-state index >= 15 is 0 Å². The van der Waals surface area contributed by atoms with Crippen LogP contribution >= 0.6 is 12.6 Å². The first-order valence-corrected chi connectivity index (χ1v) is 9.59. The molecule has 0 fully saturated rings. The summed E-state index contributed by atoms with van der Waals surface area (Å²) in [6, 6.07) is 3.26. The minimum atomic E-state index is -1.15. The van der Waals surface area contributed by atoms with Gasteiger partial charge in [-0.1, -0.05) is 12.1 Å². The Balaban J connectivity index is 2.62. The van der Waals surface area contributed by atoms with Crippen LogP contribution in [-0.4, -0.2) is 58.4 Å². The number of phenolic OH excluding ortho intramolecular Hbond substituents is 1. The molecule has 8 N–H and O–H groups in total. The fourth-order valence-electron chi connectivity index (χ4n) is 2.47. The predicted molar refractivity (Wildman–Crippen MR) is 108 cm³/mol. The molecule has 0 aliphatic heterocycles. The lowest BCUT2D eigenvalue weighted by molar-refractivity contribution is -0.142. The summed E-state index contributed by atoms with van der Waals surface area (Å²) in [5.74, 6) is -2.26. The Hall–Kier alpha value is -2.30. The second kappa shape index (κ2) is 12.2. The average Bonchev–Trinajstić information content (AvgIpc) is 2.66. The number of nitrogens with one attached hydrogen (secondary N) is 2. The molecule has 156 valence electrons. The highest BCUT2D eigenvalue weighted by molar-refractivity contribution is 7.80. The number of carboxylic acid groups (broad SMARTS) is 1. The summed E-state index contributed by atoms with van der Waals surface area (Å²) in [5, 5.41) is 23.4. The number of amides is 2. The molecule has 0 heterocycles. The van der Waals surface area contributed by atoms with Crippen LogP contribution in [0.25, 0.3) is 0 Å². The highest BCUT2D eigenvalue weighted by Crippen LogP contribution is 2.11. The summed E-state index contributed by atoms with van der Waals surface area (Å²) in [6.07, 6.45) is 1.66. The van der Waals surface area contributed by atoms with Gasteiger partial charge in [0.2, 0.25) is 11.8 Å². The lowest BCUT2D eigenvalue weighted by Gasteiger charge is -2.21. The first-order chi connectivity index (χ1) is 13.3. The van der Waals surface area contributed by atoms with E-state index in [1.165, 1.54) is 12.1 Å². The van der Waals surface area contributed by atoms with E-state index in [9.17, 15) is 24.6 Å². The first kappa shape index (κ1) is 23.7. The molecule has 0 saturated heterocycles. The number of nitrogens with two attached hydrogens (primary N) is 2. The number of phenols is 1. The van der Waals surface area contributed by atoms with Gasteiger partial charge in [-0.05, 0) is 49.9 Å². The van der Waals surface area contributed by atoms with Gasteiger partial charge in [0.1, 0.15) is 17.8 Å². The number of hydrogen-bond donors (Lipinski definition) is 7. The molecule has 1 aromatic rings. The zero-order valence-electron chi connectivity index (χ0n) is 15.5. The maximum atomic E-state index is 12.3. The van der Waals surface area contributed by atoms with Gasteiger partial charge >= 0.3 is 5.97 Å². The molecule has 0 aliphatic carbocycles. The smallest absolute Gasteiger partial charge is 0.326 e. The van der Waals surface area contributed by atoms with Gasteiger partial charge in [-0.2, -0.15) is 12.6 Å². The molecule has 3 atom stereocenters. The molecule has 0 aliphatic rings. The Morgan fingerprint density at radius 2 is 1.64 bits per heavy atom. The maximum absolute atomic E-state index is 12.3. The third kappa shape index (κ3) is 8.15. The third-order valence-electron chi connectivity index (χ3n) is 4.11. The summed E-state index contributed by atoms with van der Waals surface area (Å²) >= 11 is 4.06. The largest absolute Gasteiger partial charge is 0.508 e. The number of carboxylic acids is 1. The zero-order chi connectivity index (χ0) is 21.1. The normalized spacial score (nSPS) is 14.0. The zero-order valence-corrected chi connectivity index (χ0v) is 16.4. The maximum Gasteiger partial charge on any atom is 0.326 e. The van der Waals surface area contributed by atoms with E-state index in [2.05, 4.69) is 23.3 Å². The van der Waals surface area contributed by atoms with Gasteiger partial charge in [-0.25, -0.2) is 4.79 Å². The van der Waals surface area contributed by atoms with Crippen LogP contribution in [0.2, 0.25) is 0 Å². The number of carbonyl (C=O) groups is 3. The van der Waals surface area contributed by atoms with Crippen molar-refractivity contribution in [1.29, 1.82) is 0 Å². The second-order valence-electron chi connectivity index (χ2n) is 6.40. The molecule has 3 unspecified atom stereocenters. The molecular formula is C18H28N4O5S. The Morgan fingerprint density at radius 3 is 2.18 bits per heavy atom. The fourth-order valence-corrected chi connectivity index (χ4v) is 2.73. The van der Waals surface area contributed by atoms with Crippen LogP contribution < -0.4 is 22.1 Å². The Labute approximate surface area is 169 Å². The van der Waals surface area contributed by atoms with Crippen molar-refractivity contribution in [2.75, 3.05) is 12.3 Å². The van der Waals surface area contributed by atoms with Crippen LogP contribution in [0.4, 0.5) is 0 Å². The Morgan fingerprint density at radius 1 is 1.04 bits per heavy atom. The van der Waals surface area contributed by atoms with Crippen molar-refractivity contribution in [2.24, 2.45) is 11.5 Å². The summed E-state index contributed by atoms with van der Waals surface area (Å²) in [5.41, 5.74) is 12.0. The number of benzene rings is 1. The lowest BCUT2D eigenvalue weighted by atomic mass is 10.1. The van der Waals surface area contributed by atoms with Crippen LogP contribution in [0.1, 0.15) is 24.8 Å². The van der Waals surface area contributed by atoms with E-state index in [1.807, 2.05) is 0 Å². The molecule has 0 spiro atoms. The van der Waals surface area contributed by atoms with E-state index in [4.69, 9.17) is 11.5 Å². The number of aromatic hydroxyl groups is 1. The monoisotopic (exact) mass is 412 g/mol. The predicted octanol–water partition coefficient (Wildman–Crippen LogP) is -0.625. The van der Waals surface area contributed by atoms with Crippen LogP contribution in [0.3, 0.4) is 0 Å². The number of aliphatic carboxylic acids is 1. The number of thiol groups is 1. The van der Waals surface area contributed by atoms with Crippen molar-refractivity contribution in [1.82, 2.24) is 10.6 Å². The highest BCUT2D eigenvalue weighted by atomic mass is 32.1. The van der Waals surface area contributed by atoms with Gasteiger partial charge in [0, 0.05) is 5.75 Å². The van der Waals surface area contributed by atoms with E-state index in [0.717, 1.165) is 5.56 Å². The topological polar surface area (TPSA) is 168 Å². The summed E-state index contributed by atoms with van der Waals surface area (Å²) in [6.45, 7) is 0.439. The van der Waals surface area contributed by atoms with E-state index < -0.39 is 35.9 Å². The van der Waals surface area contributed by atoms with Crippen molar-refractivity contribution >= 4 is 30.4 Å². The summed E-state index contributed by atoms with van der Waals surface area (Å²) in [4.78, 5) is 35.9. The molecule has 28 heavy (non-hydrogen) atoms. The first-order valence-electron chi connectivity index (χ1n) is 8.96. The lowest BCUT2D eigenvalue weighted by Crippen LogP contribution is -2.55. The third-order valence-corrected chi connectivity index (χ3v) is 4.47. The summed E-state index contributed by atoms with van der Waals surface area (Å²) < 4.78 is 0. The second-order valence-corrected chi connectivity index (χ2v) is 6.77. The fraction of sp³-hybridized carbons (Fsp3) is 0.500. The molecule has 0 saturated carbocycles. The van der Waals surface area contributed by atoms with Crippen molar-refractivity contribution < 1.29 is 24.6 Å². The molecule has 0 aromatic heterocycles. The molecule has 0 radical (unpaired) electrons. The molecule has 2 amide bonds. The Kier molecular flexibility index (Phi) is 10.4. The van der Waals surface area contributed by atoms with Gasteiger partial charge < -0.3 is 32.3 Å². The molecule has 1 rings (SSSR count). The van der Waals surface area contributed by atoms with Crippen LogP contribution in [-0.2, 0) is 20.8 Å². The number of hydrogen-bond acceptors (Lipinski definition) is 7. The average molecular weight is 413 g/mol. The van der Waals surface area contributed by atoms with Crippen molar-refractivity contribution in [3.63, 3.8) is 0 Å². The number of unbranched alkanes of at least 4 members (excludes halogenated alkanes) is 1. The molecule has 9 nitrogen and oxygen atoms in total. The van der Waals surface area contributed by atoms with Gasteiger partial charge in [0.25, 0.3) is 0 Å². The molecule has 1 aromatic carbocycles. The van der Waals surface area contributed by atoms with E-state index in [0.29, 0.717) is 19.4 Å². The van der Waals surface area contributed by atoms with Gasteiger partial charge in [-0.15, -0.1) is 0 Å². The van der Waals surface area contributed by atoms with E-state index in [1.54, 1.807) is 12.1 Å². The quantitative estimate of drug-likeness (QED) is 0.177. The SMILES string of the molecule is NCCCCC(NC(=O)C(CS)NC(=O)C(N)Cc1ccc(O)cc1)C(=O)O. The molecule has 10 heteroatoms. The molecule has 0 bridgehead atoms. The summed E-state index contributed by atoms with van der Waals surface area (Å²) in [7, 11) is 0. The number of carbonyl (C=O) groups excluding carboxylic acids is 2. The minimum Gasteiger partial charge on any atom is -0.508 e. The van der Waals surface area contributed by atoms with Crippen LogP contribution in [0.15, 0.2) is 24.3 Å². The van der Waals surface area contributed by atoms with Gasteiger partial charge in [0.05, 0.1) is 6.04 Å². The Bertz CT molecular complexity index is 656. The van der Waals surface area contributed by atoms with Crippen molar-refractivity contribution in [3.05, 3.63) is 29.8 Å². The molecular weight excluding hydrogens is 384 g/mol. The van der Waals surface area contributed by atoms with Crippen molar-refractivity contribution in [2.45, 2.75) is 43.8 Å². The van der Waals surface area contributed by atoms with Crippen LogP contribution in [0, 0.1) is 0 Å². The number of rotatable bonds is 12.